The second-order valence-electron chi connectivity index (χ2n) is 5.08. The number of amides is 1. The molecule has 1 aliphatic heterocycles. The Hall–Kier alpha value is -1.24. The van der Waals surface area contributed by atoms with E-state index in [0.29, 0.717) is 11.2 Å². The van der Waals surface area contributed by atoms with Crippen LogP contribution in [-0.4, -0.2) is 23.5 Å². The van der Waals surface area contributed by atoms with Crippen LogP contribution in [0.4, 0.5) is 5.13 Å². The lowest BCUT2D eigenvalue weighted by Crippen LogP contribution is -2.40. The summed E-state index contributed by atoms with van der Waals surface area (Å²) in [6, 6.07) is 4.46. The number of aromatic nitrogens is 1. The van der Waals surface area contributed by atoms with E-state index in [9.17, 15) is 4.79 Å². The summed E-state index contributed by atoms with van der Waals surface area (Å²) in [5, 5.41) is 11.0. The Labute approximate surface area is 126 Å². The van der Waals surface area contributed by atoms with Gasteiger partial charge in [-0.3, -0.25) is 4.79 Å². The van der Waals surface area contributed by atoms with Gasteiger partial charge in [0.2, 0.25) is 5.91 Å². The van der Waals surface area contributed by atoms with Crippen molar-refractivity contribution in [1.29, 1.82) is 0 Å². The van der Waals surface area contributed by atoms with Gasteiger partial charge in [-0.2, -0.15) is 0 Å². The quantitative estimate of drug-likeness (QED) is 0.915. The van der Waals surface area contributed by atoms with Gasteiger partial charge >= 0.3 is 0 Å². The molecule has 6 heteroatoms. The third-order valence-corrected chi connectivity index (χ3v) is 5.15. The van der Waals surface area contributed by atoms with E-state index >= 15 is 0 Å². The molecule has 2 N–H and O–H groups in total. The van der Waals surface area contributed by atoms with Crippen molar-refractivity contribution < 1.29 is 4.79 Å². The monoisotopic (exact) mass is 307 g/mol. The summed E-state index contributed by atoms with van der Waals surface area (Å²) in [7, 11) is 0. The fourth-order valence-electron chi connectivity index (χ4n) is 2.45. The average molecular weight is 307 g/mol. The maximum atomic E-state index is 12.2. The first-order valence-corrected chi connectivity index (χ1v) is 8.52. The molecular formula is C14H17N3OS2. The number of nitrogens with zero attached hydrogens (tertiary/aromatic N) is 1. The van der Waals surface area contributed by atoms with Gasteiger partial charge in [-0.25, -0.2) is 4.98 Å². The molecule has 0 aromatic carbocycles. The third kappa shape index (κ3) is 3.08. The minimum Gasteiger partial charge on any atom is -0.314 e. The van der Waals surface area contributed by atoms with E-state index in [0.717, 1.165) is 30.0 Å². The summed E-state index contributed by atoms with van der Waals surface area (Å²) >= 11 is 3.15. The molecule has 1 saturated heterocycles. The lowest BCUT2D eigenvalue weighted by Gasteiger charge is -2.26. The van der Waals surface area contributed by atoms with Crippen LogP contribution in [0.2, 0.25) is 0 Å². The van der Waals surface area contributed by atoms with E-state index in [1.807, 2.05) is 22.9 Å². The van der Waals surface area contributed by atoms with Crippen LogP contribution < -0.4 is 10.6 Å². The molecule has 106 valence electrons. The Bertz CT molecular complexity index is 579. The number of carbonyl (C=O) groups excluding carboxylic acids is 1. The minimum absolute atomic E-state index is 0.0975. The summed E-state index contributed by atoms with van der Waals surface area (Å²) in [4.78, 5) is 17.9. The molecule has 2 atom stereocenters. The average Bonchev–Trinajstić information content (AvgIpc) is 3.08. The first-order valence-electron chi connectivity index (χ1n) is 6.76. The number of carbonyl (C=O) groups is 1. The van der Waals surface area contributed by atoms with Crippen molar-refractivity contribution in [3.63, 3.8) is 0 Å². The summed E-state index contributed by atoms with van der Waals surface area (Å²) in [5.74, 6) is 0.200. The van der Waals surface area contributed by atoms with Crippen molar-refractivity contribution in [3.8, 4) is 10.6 Å². The van der Waals surface area contributed by atoms with Crippen LogP contribution in [0.15, 0.2) is 22.9 Å². The number of nitrogens with one attached hydrogen (secondary N) is 2. The first kappa shape index (κ1) is 13.7. The van der Waals surface area contributed by atoms with Crippen LogP contribution in [-0.2, 0) is 4.79 Å². The van der Waals surface area contributed by atoms with Gasteiger partial charge in [-0.05, 0) is 37.8 Å². The Balaban J connectivity index is 1.64. The fourth-order valence-corrected chi connectivity index (χ4v) is 3.92. The summed E-state index contributed by atoms with van der Waals surface area (Å²) < 4.78 is 0. The van der Waals surface area contributed by atoms with Crippen LogP contribution in [0.5, 0.6) is 0 Å². The molecule has 2 aromatic rings. The van der Waals surface area contributed by atoms with Crippen molar-refractivity contribution in [2.24, 2.45) is 5.92 Å². The van der Waals surface area contributed by atoms with E-state index in [1.165, 1.54) is 11.3 Å². The van der Waals surface area contributed by atoms with Crippen LogP contribution >= 0.6 is 22.7 Å². The summed E-state index contributed by atoms with van der Waals surface area (Å²) in [6.45, 7) is 3.04. The van der Waals surface area contributed by atoms with Gasteiger partial charge in [0, 0.05) is 17.3 Å². The van der Waals surface area contributed by atoms with Gasteiger partial charge in [0.15, 0.2) is 5.13 Å². The van der Waals surface area contributed by atoms with Crippen molar-refractivity contribution in [2.45, 2.75) is 25.8 Å². The highest BCUT2D eigenvalue weighted by molar-refractivity contribution is 7.16. The predicted octanol–water partition coefficient (Wildman–Crippen LogP) is 3.20. The number of rotatable bonds is 3. The highest BCUT2D eigenvalue weighted by atomic mass is 32.1. The Kier molecular flexibility index (Phi) is 4.14. The van der Waals surface area contributed by atoms with Gasteiger partial charge in [0.25, 0.3) is 0 Å². The van der Waals surface area contributed by atoms with Crippen molar-refractivity contribution in [3.05, 3.63) is 22.9 Å². The maximum absolute atomic E-state index is 12.2. The zero-order valence-corrected chi connectivity index (χ0v) is 12.9. The topological polar surface area (TPSA) is 54.0 Å². The van der Waals surface area contributed by atoms with E-state index in [-0.39, 0.29) is 11.8 Å². The molecule has 1 fully saturated rings. The molecular weight excluding hydrogens is 290 g/mol. The number of anilines is 1. The zero-order valence-electron chi connectivity index (χ0n) is 11.3. The molecule has 20 heavy (non-hydrogen) atoms. The molecule has 2 aromatic heterocycles. The van der Waals surface area contributed by atoms with Crippen LogP contribution in [0.3, 0.4) is 0 Å². The van der Waals surface area contributed by atoms with Crippen LogP contribution in [0.25, 0.3) is 10.6 Å². The van der Waals surface area contributed by atoms with Gasteiger partial charge in [0.05, 0.1) is 10.6 Å². The Morgan fingerprint density at radius 2 is 2.40 bits per heavy atom. The van der Waals surface area contributed by atoms with Gasteiger partial charge in [-0.15, -0.1) is 22.7 Å². The third-order valence-electron chi connectivity index (χ3n) is 3.50. The molecule has 0 unspecified atom stereocenters. The molecule has 0 spiro atoms. The van der Waals surface area contributed by atoms with Gasteiger partial charge in [-0.1, -0.05) is 6.07 Å². The SMILES string of the molecule is C[C@H]1C[C@@H](C(=O)Nc2nc(-c3cccs3)cs2)CCN1. The molecule has 0 aliphatic carbocycles. The van der Waals surface area contributed by atoms with Crippen molar-refractivity contribution >= 4 is 33.7 Å². The molecule has 0 radical (unpaired) electrons. The van der Waals surface area contributed by atoms with Crippen LogP contribution in [0.1, 0.15) is 19.8 Å². The zero-order chi connectivity index (χ0) is 13.9. The number of piperidine rings is 1. The molecule has 1 amide bonds. The standard InChI is InChI=1S/C14H17N3OS2/c1-9-7-10(4-5-15-9)13(18)17-14-16-11(8-20-14)12-3-2-6-19-12/h2-3,6,8-10,15H,4-5,7H2,1H3,(H,16,17,18)/t9-,10-/m0/s1. The fraction of sp³-hybridized carbons (Fsp3) is 0.429. The number of thiophene rings is 1. The van der Waals surface area contributed by atoms with E-state index < -0.39 is 0 Å². The van der Waals surface area contributed by atoms with Crippen LogP contribution in [0, 0.1) is 5.92 Å². The van der Waals surface area contributed by atoms with Crippen molar-refractivity contribution in [2.75, 3.05) is 11.9 Å². The van der Waals surface area contributed by atoms with Crippen molar-refractivity contribution in [1.82, 2.24) is 10.3 Å². The lowest BCUT2D eigenvalue weighted by molar-refractivity contribution is -0.120. The highest BCUT2D eigenvalue weighted by Gasteiger charge is 2.25. The Morgan fingerprint density at radius 1 is 1.50 bits per heavy atom. The molecule has 4 nitrogen and oxygen atoms in total. The predicted molar refractivity (Wildman–Crippen MR) is 84.2 cm³/mol. The second kappa shape index (κ2) is 6.03. The minimum atomic E-state index is 0.0975. The first-order chi connectivity index (χ1) is 9.72. The van der Waals surface area contributed by atoms with Gasteiger partial charge < -0.3 is 10.6 Å². The molecule has 1 aliphatic rings. The van der Waals surface area contributed by atoms with E-state index in [4.69, 9.17) is 0 Å². The van der Waals surface area contributed by atoms with E-state index in [2.05, 4.69) is 22.5 Å². The number of hydrogen-bond donors (Lipinski definition) is 2. The largest absolute Gasteiger partial charge is 0.314 e. The molecule has 0 saturated carbocycles. The smallest absolute Gasteiger partial charge is 0.229 e. The number of hydrogen-bond acceptors (Lipinski definition) is 5. The lowest BCUT2D eigenvalue weighted by atomic mass is 9.93. The summed E-state index contributed by atoms with van der Waals surface area (Å²) in [5.41, 5.74) is 0.943. The molecule has 3 rings (SSSR count). The maximum Gasteiger partial charge on any atom is 0.229 e. The Morgan fingerprint density at radius 3 is 3.15 bits per heavy atom. The van der Waals surface area contributed by atoms with Gasteiger partial charge in [0.1, 0.15) is 0 Å². The second-order valence-corrected chi connectivity index (χ2v) is 6.89. The number of thiazole rings is 1. The highest BCUT2D eigenvalue weighted by Crippen LogP contribution is 2.29. The normalized spacial score (nSPS) is 22.6. The summed E-state index contributed by atoms with van der Waals surface area (Å²) in [6.07, 6.45) is 1.80. The van der Waals surface area contributed by atoms with E-state index in [1.54, 1.807) is 11.3 Å². The molecule has 3 heterocycles. The molecule has 0 bridgehead atoms.